The Labute approximate surface area is 188 Å². The predicted octanol–water partition coefficient (Wildman–Crippen LogP) is 5.50. The lowest BCUT2D eigenvalue weighted by Crippen LogP contribution is -2.23. The Hall–Kier alpha value is -1.96. The molecule has 1 atom stereocenters. The van der Waals surface area contributed by atoms with Gasteiger partial charge in [0.2, 0.25) is 5.91 Å². The lowest BCUT2D eigenvalue weighted by atomic mass is 9.87. The highest BCUT2D eigenvalue weighted by Gasteiger charge is 2.28. The number of thiazole rings is 1. The van der Waals surface area contributed by atoms with Gasteiger partial charge in [0.05, 0.1) is 28.8 Å². The first kappa shape index (κ1) is 22.7. The Bertz CT molecular complexity index is 941. The number of aromatic nitrogens is 1. The van der Waals surface area contributed by atoms with Crippen LogP contribution in [0.15, 0.2) is 24.4 Å². The average Bonchev–Trinajstić information content (AvgIpc) is 3.40. The van der Waals surface area contributed by atoms with Crippen LogP contribution in [0.1, 0.15) is 60.2 Å². The van der Waals surface area contributed by atoms with Crippen LogP contribution in [0.5, 0.6) is 0 Å². The highest BCUT2D eigenvalue weighted by molar-refractivity contribution is 7.18. The molecule has 0 saturated heterocycles. The number of anilines is 1. The number of ketones is 1. The number of benzene rings is 1. The van der Waals surface area contributed by atoms with Crippen molar-refractivity contribution < 1.29 is 19.1 Å². The van der Waals surface area contributed by atoms with Crippen LogP contribution < -0.4 is 5.32 Å². The van der Waals surface area contributed by atoms with Crippen LogP contribution in [0, 0.1) is 5.92 Å². The molecule has 9 heteroatoms. The number of amides is 1. The number of nitrogens with one attached hydrogen (secondary N) is 1. The summed E-state index contributed by atoms with van der Waals surface area (Å²) in [6.07, 6.45) is 6.51. The van der Waals surface area contributed by atoms with Gasteiger partial charge in [-0.1, -0.05) is 66.3 Å². The Balaban J connectivity index is 1.77. The van der Waals surface area contributed by atoms with E-state index in [1.807, 2.05) is 6.07 Å². The van der Waals surface area contributed by atoms with Crippen molar-refractivity contribution in [1.29, 1.82) is 0 Å². The molecule has 1 heterocycles. The van der Waals surface area contributed by atoms with Crippen LogP contribution in [-0.4, -0.2) is 29.3 Å². The quantitative estimate of drug-likeness (QED) is 0.314. The van der Waals surface area contributed by atoms with E-state index >= 15 is 0 Å². The Morgan fingerprint density at radius 1 is 1.23 bits per heavy atom. The molecule has 1 saturated carbocycles. The molecule has 160 valence electrons. The number of carbonyl (C=O) groups excluding carboxylic acids is 3. The molecule has 0 unspecified atom stereocenters. The van der Waals surface area contributed by atoms with Gasteiger partial charge in [-0.15, -0.1) is 0 Å². The molecule has 1 aromatic carbocycles. The molecule has 1 aromatic heterocycles. The van der Waals surface area contributed by atoms with Crippen molar-refractivity contribution >= 4 is 57.3 Å². The highest BCUT2D eigenvalue weighted by atomic mass is 35.5. The molecule has 3 rings (SSSR count). The minimum atomic E-state index is -0.936. The fraction of sp³-hybridized carbons (Fsp3) is 0.429. The van der Waals surface area contributed by atoms with E-state index in [4.69, 9.17) is 27.9 Å². The lowest BCUT2D eigenvalue weighted by molar-refractivity contribution is -0.137. The van der Waals surface area contributed by atoms with Crippen molar-refractivity contribution in [1.82, 2.24) is 4.98 Å². The van der Waals surface area contributed by atoms with Gasteiger partial charge in [0.1, 0.15) is 4.88 Å². The minimum Gasteiger partial charge on any atom is -0.460 e. The average molecular weight is 469 g/mol. The third kappa shape index (κ3) is 5.59. The smallest absolute Gasteiger partial charge is 0.380 e. The topological polar surface area (TPSA) is 85.4 Å². The zero-order chi connectivity index (χ0) is 21.7. The summed E-state index contributed by atoms with van der Waals surface area (Å²) in [5, 5.41) is 3.87. The van der Waals surface area contributed by atoms with Crippen LogP contribution in [0.2, 0.25) is 10.0 Å². The fourth-order valence-corrected chi connectivity index (χ4v) is 4.68. The summed E-state index contributed by atoms with van der Waals surface area (Å²) in [7, 11) is 0. The Morgan fingerprint density at radius 2 is 1.97 bits per heavy atom. The third-order valence-corrected chi connectivity index (χ3v) is 6.78. The second-order valence-corrected chi connectivity index (χ2v) is 9.03. The SMILES string of the molecule is CCOC(=O)C(=O)c1cnc(NC(=O)[C@@H](CC2CCCC2)c2ccc(Cl)c(Cl)c2)s1. The molecule has 1 aliphatic carbocycles. The number of hydrogen-bond acceptors (Lipinski definition) is 6. The van der Waals surface area contributed by atoms with Crippen molar-refractivity contribution in [3.63, 3.8) is 0 Å². The van der Waals surface area contributed by atoms with Crippen molar-refractivity contribution in [2.24, 2.45) is 5.92 Å². The molecule has 1 fully saturated rings. The van der Waals surface area contributed by atoms with Crippen LogP contribution in [-0.2, 0) is 14.3 Å². The molecule has 0 spiro atoms. The number of hydrogen-bond donors (Lipinski definition) is 1. The summed E-state index contributed by atoms with van der Waals surface area (Å²) in [6.45, 7) is 1.73. The lowest BCUT2D eigenvalue weighted by Gasteiger charge is -2.20. The van der Waals surface area contributed by atoms with Gasteiger partial charge in [-0.2, -0.15) is 0 Å². The molecule has 2 aromatic rings. The van der Waals surface area contributed by atoms with Gasteiger partial charge >= 0.3 is 5.97 Å². The monoisotopic (exact) mass is 468 g/mol. The number of Topliss-reactive ketones (excluding diaryl/α,β-unsaturated/α-hetero) is 1. The molecule has 1 N–H and O–H groups in total. The van der Waals surface area contributed by atoms with E-state index in [0.717, 1.165) is 29.7 Å². The van der Waals surface area contributed by atoms with E-state index in [2.05, 4.69) is 10.3 Å². The predicted molar refractivity (Wildman–Crippen MR) is 117 cm³/mol. The number of esters is 1. The van der Waals surface area contributed by atoms with Crippen molar-refractivity contribution in [3.05, 3.63) is 44.9 Å². The number of rotatable bonds is 8. The van der Waals surface area contributed by atoms with Crippen molar-refractivity contribution in [2.45, 2.75) is 44.9 Å². The van der Waals surface area contributed by atoms with Gasteiger partial charge in [0, 0.05) is 0 Å². The molecule has 30 heavy (non-hydrogen) atoms. The number of carbonyl (C=O) groups is 3. The molecule has 0 aliphatic heterocycles. The van der Waals surface area contributed by atoms with Gasteiger partial charge in [-0.05, 0) is 37.0 Å². The maximum absolute atomic E-state index is 13.1. The Kier molecular flexibility index (Phi) is 7.86. The van der Waals surface area contributed by atoms with Crippen LogP contribution in [0.3, 0.4) is 0 Å². The van der Waals surface area contributed by atoms with Crippen molar-refractivity contribution in [3.8, 4) is 0 Å². The number of halogens is 2. The molecule has 0 bridgehead atoms. The summed E-state index contributed by atoms with van der Waals surface area (Å²) in [6, 6.07) is 5.22. The van der Waals surface area contributed by atoms with E-state index in [9.17, 15) is 14.4 Å². The standard InChI is InChI=1S/C21H22Cl2N2O4S/c1-2-29-20(28)18(26)17-11-24-21(30-17)25-19(27)14(9-12-5-3-4-6-12)13-7-8-15(22)16(23)10-13/h7-8,10-12,14H,2-6,9H2,1H3,(H,24,25,27)/t14-/m0/s1. The van der Waals surface area contributed by atoms with E-state index in [1.165, 1.54) is 19.0 Å². The number of ether oxygens (including phenoxy) is 1. The normalized spacial score (nSPS) is 15.0. The summed E-state index contributed by atoms with van der Waals surface area (Å²) in [5.74, 6) is -1.90. The summed E-state index contributed by atoms with van der Waals surface area (Å²) >= 11 is 13.2. The van der Waals surface area contributed by atoms with Crippen LogP contribution in [0.4, 0.5) is 5.13 Å². The first-order valence-electron chi connectivity index (χ1n) is 9.82. The largest absolute Gasteiger partial charge is 0.460 e. The molecule has 6 nitrogen and oxygen atoms in total. The molecule has 1 aliphatic rings. The summed E-state index contributed by atoms with van der Waals surface area (Å²) < 4.78 is 4.72. The zero-order valence-electron chi connectivity index (χ0n) is 16.5. The van der Waals surface area contributed by atoms with Crippen molar-refractivity contribution in [2.75, 3.05) is 11.9 Å². The maximum Gasteiger partial charge on any atom is 0.380 e. The van der Waals surface area contributed by atoms with Gasteiger partial charge in [0.15, 0.2) is 5.13 Å². The first-order chi connectivity index (χ1) is 14.4. The summed E-state index contributed by atoms with van der Waals surface area (Å²) in [5.41, 5.74) is 0.785. The van der Waals surface area contributed by atoms with E-state index in [-0.39, 0.29) is 22.5 Å². The molecule has 1 amide bonds. The maximum atomic E-state index is 13.1. The first-order valence-corrected chi connectivity index (χ1v) is 11.4. The molecule has 0 radical (unpaired) electrons. The van der Waals surface area contributed by atoms with E-state index < -0.39 is 17.7 Å². The summed E-state index contributed by atoms with van der Waals surface area (Å²) in [4.78, 5) is 41.0. The van der Waals surface area contributed by atoms with Crippen LogP contribution in [0.25, 0.3) is 0 Å². The van der Waals surface area contributed by atoms with Gasteiger partial charge in [-0.25, -0.2) is 9.78 Å². The van der Waals surface area contributed by atoms with Gasteiger partial charge in [0.25, 0.3) is 5.78 Å². The van der Waals surface area contributed by atoms with Crippen LogP contribution >= 0.6 is 34.5 Å². The van der Waals surface area contributed by atoms with E-state index in [0.29, 0.717) is 22.4 Å². The third-order valence-electron chi connectivity index (χ3n) is 5.13. The Morgan fingerprint density at radius 3 is 2.63 bits per heavy atom. The second-order valence-electron chi connectivity index (χ2n) is 7.18. The van der Waals surface area contributed by atoms with Gasteiger partial charge < -0.3 is 10.1 Å². The van der Waals surface area contributed by atoms with E-state index in [1.54, 1.807) is 19.1 Å². The zero-order valence-corrected chi connectivity index (χ0v) is 18.8. The minimum absolute atomic E-state index is 0.111. The second kappa shape index (κ2) is 10.4. The molecular formula is C21H22Cl2N2O4S. The molecular weight excluding hydrogens is 447 g/mol. The number of nitrogens with zero attached hydrogens (tertiary/aromatic N) is 1. The fourth-order valence-electron chi connectivity index (χ4n) is 3.63. The highest BCUT2D eigenvalue weighted by Crippen LogP contribution is 2.36. The van der Waals surface area contributed by atoms with Gasteiger partial charge in [-0.3, -0.25) is 9.59 Å².